The third-order valence-corrected chi connectivity index (χ3v) is 7.13. The molecule has 1 atom stereocenters. The number of amides is 1. The molecule has 1 amide bonds. The highest BCUT2D eigenvalue weighted by molar-refractivity contribution is 5.88. The molecule has 2 aromatic carbocycles. The molecule has 202 valence electrons. The second-order valence-corrected chi connectivity index (χ2v) is 11.1. The molecule has 7 nitrogen and oxygen atoms in total. The lowest BCUT2D eigenvalue weighted by molar-refractivity contribution is 0.0200. The molecule has 8 heteroatoms. The van der Waals surface area contributed by atoms with E-state index < -0.39 is 5.54 Å². The molecule has 0 spiro atoms. The molecule has 38 heavy (non-hydrogen) atoms. The summed E-state index contributed by atoms with van der Waals surface area (Å²) in [5.74, 6) is 1.17. The number of hydrogen-bond acceptors (Lipinski definition) is 6. The molecule has 0 saturated heterocycles. The Bertz CT molecular complexity index is 1320. The molecular weight excluding hydrogens is 485 g/mol. The van der Waals surface area contributed by atoms with Gasteiger partial charge in [0.1, 0.15) is 12.4 Å². The molecule has 0 saturated carbocycles. The molecule has 3 heterocycles. The maximum atomic E-state index is 13.5. The molecule has 0 radical (unpaired) electrons. The minimum atomic E-state index is -0.452. The summed E-state index contributed by atoms with van der Waals surface area (Å²) >= 11 is 0. The number of carbonyl (C=O) groups excluding carboxylic acids is 1. The predicted octanol–water partition coefficient (Wildman–Crippen LogP) is 5.90. The van der Waals surface area contributed by atoms with Gasteiger partial charge in [0.2, 0.25) is 0 Å². The molecule has 5 rings (SSSR count). The number of rotatable bonds is 7. The third-order valence-electron chi connectivity index (χ3n) is 7.13. The van der Waals surface area contributed by atoms with E-state index in [9.17, 15) is 9.18 Å². The van der Waals surface area contributed by atoms with Gasteiger partial charge in [0.15, 0.2) is 17.6 Å². The number of fused-ring (bicyclic) bond motifs is 4. The van der Waals surface area contributed by atoms with Crippen molar-refractivity contribution in [1.29, 1.82) is 0 Å². The second kappa shape index (κ2) is 10.7. The smallest absolute Gasteiger partial charge is 0.410 e. The van der Waals surface area contributed by atoms with Gasteiger partial charge in [0.05, 0.1) is 18.7 Å². The molecule has 0 unspecified atom stereocenters. The Kier molecular flexibility index (Phi) is 7.32. The van der Waals surface area contributed by atoms with Crippen LogP contribution in [0.5, 0.6) is 11.5 Å². The van der Waals surface area contributed by atoms with Gasteiger partial charge >= 0.3 is 6.09 Å². The zero-order valence-corrected chi connectivity index (χ0v) is 22.6. The number of hydrogen-bond donors (Lipinski definition) is 0. The predicted molar refractivity (Wildman–Crippen MR) is 146 cm³/mol. The van der Waals surface area contributed by atoms with Gasteiger partial charge in [-0.25, -0.2) is 9.18 Å². The van der Waals surface area contributed by atoms with Crippen molar-refractivity contribution in [1.82, 2.24) is 9.88 Å². The lowest BCUT2D eigenvalue weighted by atomic mass is 10.1. The summed E-state index contributed by atoms with van der Waals surface area (Å²) in [5, 5.41) is 0.897. The molecule has 0 bridgehead atoms. The normalized spacial score (nSPS) is 16.4. The highest BCUT2D eigenvalue weighted by Crippen LogP contribution is 2.38. The van der Waals surface area contributed by atoms with E-state index in [1.54, 1.807) is 11.0 Å². The maximum absolute atomic E-state index is 13.5. The Morgan fingerprint density at radius 2 is 2.03 bits per heavy atom. The van der Waals surface area contributed by atoms with Crippen molar-refractivity contribution in [2.24, 2.45) is 0 Å². The molecule has 1 aromatic heterocycles. The van der Waals surface area contributed by atoms with Crippen LogP contribution in [0, 0.1) is 12.7 Å². The number of nitrogens with zero attached hydrogens (tertiary/aromatic N) is 3. The molecular formula is C30H36FN3O4. The zero-order valence-electron chi connectivity index (χ0n) is 22.6. The first-order chi connectivity index (χ1) is 18.2. The van der Waals surface area contributed by atoms with E-state index >= 15 is 0 Å². The number of pyridine rings is 1. The monoisotopic (exact) mass is 521 g/mol. The van der Waals surface area contributed by atoms with Crippen molar-refractivity contribution in [2.75, 3.05) is 37.7 Å². The van der Waals surface area contributed by atoms with Crippen LogP contribution in [0.1, 0.15) is 44.9 Å². The fraction of sp³-hybridized carbons (Fsp3) is 0.467. The largest absolute Gasteiger partial charge is 0.486 e. The SMILES string of the molecule is Cc1ccc2c3c(ccc2n1)OC[C@H](CN(C(=O)OCCCCN1CCc2cc(F)ccc21)C(C)(C)C)O3. The minimum absolute atomic E-state index is 0.184. The lowest BCUT2D eigenvalue weighted by Crippen LogP contribution is -2.52. The van der Waals surface area contributed by atoms with Crippen LogP contribution in [-0.4, -0.2) is 60.5 Å². The average molecular weight is 522 g/mol. The second-order valence-electron chi connectivity index (χ2n) is 11.1. The van der Waals surface area contributed by atoms with E-state index in [1.807, 2.05) is 58.0 Å². The standard InChI is InChI=1S/C30H36FN3O4/c1-20-7-9-24-25(32-20)10-12-27-28(24)38-23(19-37-27)18-34(30(2,3)4)29(35)36-16-6-5-14-33-15-13-21-17-22(31)8-11-26(21)33/h7-12,17,23H,5-6,13-16,18-19H2,1-4H3/t23-/m0/s1. The zero-order chi connectivity index (χ0) is 26.9. The van der Waals surface area contributed by atoms with E-state index in [4.69, 9.17) is 14.2 Å². The van der Waals surface area contributed by atoms with Crippen molar-refractivity contribution in [3.8, 4) is 11.5 Å². The topological polar surface area (TPSA) is 64.1 Å². The van der Waals surface area contributed by atoms with Crippen LogP contribution >= 0.6 is 0 Å². The van der Waals surface area contributed by atoms with Gasteiger partial charge in [-0.3, -0.25) is 9.88 Å². The molecule has 0 aliphatic carbocycles. The van der Waals surface area contributed by atoms with Crippen LogP contribution in [0.3, 0.4) is 0 Å². The quantitative estimate of drug-likeness (QED) is 0.361. The minimum Gasteiger partial charge on any atom is -0.486 e. The molecule has 0 N–H and O–H groups in total. The van der Waals surface area contributed by atoms with E-state index in [0.29, 0.717) is 31.3 Å². The lowest BCUT2D eigenvalue weighted by Gasteiger charge is -2.38. The summed E-state index contributed by atoms with van der Waals surface area (Å²) in [5.41, 5.74) is 3.51. The molecule has 3 aromatic rings. The van der Waals surface area contributed by atoms with Gasteiger partial charge in [-0.05, 0) is 95.0 Å². The van der Waals surface area contributed by atoms with Crippen molar-refractivity contribution in [3.63, 3.8) is 0 Å². The van der Waals surface area contributed by atoms with Crippen molar-refractivity contribution < 1.29 is 23.4 Å². The van der Waals surface area contributed by atoms with E-state index in [1.165, 1.54) is 6.07 Å². The first kappa shape index (κ1) is 26.1. The summed E-state index contributed by atoms with van der Waals surface area (Å²) in [6.45, 7) is 10.7. The van der Waals surface area contributed by atoms with E-state index in [2.05, 4.69) is 9.88 Å². The van der Waals surface area contributed by atoms with Gasteiger partial charge in [-0.1, -0.05) is 0 Å². The number of aryl methyl sites for hydroxylation is 1. The average Bonchev–Trinajstić information content (AvgIpc) is 3.27. The Labute approximate surface area is 223 Å². The van der Waals surface area contributed by atoms with Gasteiger partial charge in [-0.2, -0.15) is 0 Å². The number of aromatic nitrogens is 1. The fourth-order valence-electron chi connectivity index (χ4n) is 5.11. The number of anilines is 1. The van der Waals surface area contributed by atoms with Gasteiger partial charge < -0.3 is 19.1 Å². The van der Waals surface area contributed by atoms with Crippen LogP contribution in [0.25, 0.3) is 10.9 Å². The number of halogens is 1. The number of unbranched alkanes of at least 4 members (excludes halogenated alkanes) is 1. The Balaban J connectivity index is 1.15. The van der Waals surface area contributed by atoms with Crippen LogP contribution < -0.4 is 14.4 Å². The summed E-state index contributed by atoms with van der Waals surface area (Å²) in [7, 11) is 0. The van der Waals surface area contributed by atoms with Gasteiger partial charge in [0, 0.05) is 35.4 Å². The molecule has 2 aliphatic rings. The Hall–Kier alpha value is -3.55. The summed E-state index contributed by atoms with van der Waals surface area (Å²) in [6.07, 6.45) is 1.82. The van der Waals surface area contributed by atoms with Crippen molar-refractivity contribution >= 4 is 22.7 Å². The number of ether oxygens (including phenoxy) is 3. The summed E-state index contributed by atoms with van der Waals surface area (Å²) < 4.78 is 31.5. The third kappa shape index (κ3) is 5.64. The molecule has 2 aliphatic heterocycles. The van der Waals surface area contributed by atoms with Crippen LogP contribution in [0.15, 0.2) is 42.5 Å². The maximum Gasteiger partial charge on any atom is 0.410 e. The summed E-state index contributed by atoms with van der Waals surface area (Å²) in [4.78, 5) is 21.7. The number of carbonyl (C=O) groups is 1. The first-order valence-electron chi connectivity index (χ1n) is 13.4. The van der Waals surface area contributed by atoms with Gasteiger partial charge in [-0.15, -0.1) is 0 Å². The Morgan fingerprint density at radius 3 is 2.84 bits per heavy atom. The van der Waals surface area contributed by atoms with Crippen LogP contribution in [0.4, 0.5) is 14.9 Å². The van der Waals surface area contributed by atoms with Crippen molar-refractivity contribution in [2.45, 2.75) is 58.6 Å². The molecule has 0 fully saturated rings. The summed E-state index contributed by atoms with van der Waals surface area (Å²) in [6, 6.07) is 12.8. The van der Waals surface area contributed by atoms with Crippen LogP contribution in [0.2, 0.25) is 0 Å². The fourth-order valence-corrected chi connectivity index (χ4v) is 5.11. The van der Waals surface area contributed by atoms with Gasteiger partial charge in [0.25, 0.3) is 0 Å². The Morgan fingerprint density at radius 1 is 1.18 bits per heavy atom. The highest BCUT2D eigenvalue weighted by atomic mass is 19.1. The van der Waals surface area contributed by atoms with Crippen molar-refractivity contribution in [3.05, 3.63) is 59.5 Å². The highest BCUT2D eigenvalue weighted by Gasteiger charge is 2.33. The van der Waals surface area contributed by atoms with E-state index in [0.717, 1.165) is 60.2 Å². The van der Waals surface area contributed by atoms with Crippen LogP contribution in [-0.2, 0) is 11.2 Å². The first-order valence-corrected chi connectivity index (χ1v) is 13.4. The number of benzene rings is 2. The van der Waals surface area contributed by atoms with E-state index in [-0.39, 0.29) is 18.0 Å².